The van der Waals surface area contributed by atoms with Crippen LogP contribution in [0.15, 0.2) is 59.5 Å². The van der Waals surface area contributed by atoms with E-state index in [1.165, 1.54) is 0 Å². The minimum Gasteiger partial charge on any atom is -0.390 e. The fourth-order valence-corrected chi connectivity index (χ4v) is 6.14. The summed E-state index contributed by atoms with van der Waals surface area (Å²) in [5.41, 5.74) is -0.0906. The summed E-state index contributed by atoms with van der Waals surface area (Å²) >= 11 is 0. The molecule has 1 amide bonds. The van der Waals surface area contributed by atoms with Gasteiger partial charge in [0.1, 0.15) is 0 Å². The Bertz CT molecular complexity index is 1170. The van der Waals surface area contributed by atoms with E-state index in [-0.39, 0.29) is 36.4 Å². The summed E-state index contributed by atoms with van der Waals surface area (Å²) < 4.78 is 72.2. The molecule has 0 bridgehead atoms. The number of nitrogens with zero attached hydrogens (tertiary/aromatic N) is 2. The van der Waals surface area contributed by atoms with Crippen LogP contribution in [0, 0.1) is 0 Å². The Morgan fingerprint density at radius 2 is 1.71 bits per heavy atom. The van der Waals surface area contributed by atoms with Gasteiger partial charge < -0.3 is 15.2 Å². The molecule has 0 unspecified atom stereocenters. The van der Waals surface area contributed by atoms with Crippen molar-refractivity contribution in [2.75, 3.05) is 39.4 Å². The molecule has 1 saturated carbocycles. The van der Waals surface area contributed by atoms with Crippen molar-refractivity contribution in [1.29, 1.82) is 0 Å². The topological polar surface area (TPSA) is 99.2 Å². The van der Waals surface area contributed by atoms with Crippen molar-refractivity contribution in [3.8, 4) is 0 Å². The summed E-state index contributed by atoms with van der Waals surface area (Å²) in [7, 11) is -4.18. The Balaban J connectivity index is 1.50. The normalized spacial score (nSPS) is 18.8. The molecule has 0 radical (unpaired) electrons. The number of rotatable bonds is 11. The van der Waals surface area contributed by atoms with Crippen molar-refractivity contribution in [2.24, 2.45) is 0 Å². The zero-order valence-corrected chi connectivity index (χ0v) is 21.6. The zero-order chi connectivity index (χ0) is 27.3. The standard InChI is InChI=1S/C26H32F3N3O5S/c27-26(28,29)20-6-10-22(11-7-20)38(35,36)32(21-8-9-21)17-24(33)23(16-19-4-2-1-3-5-19)30-25(34)18-31-12-14-37-15-13-31/h1-7,10-11,21,23-24,33H,8-9,12-18H2,(H,30,34)/t23-,24+/m0/s1. The average Bonchev–Trinajstić information content (AvgIpc) is 3.72. The number of nitrogens with one attached hydrogen (secondary N) is 1. The SMILES string of the molecule is O=C(CN1CCOCC1)N[C@@H](Cc1ccccc1)[C@H](O)CN(C1CC1)S(=O)(=O)c1ccc(C(F)(F)F)cc1. The van der Waals surface area contributed by atoms with E-state index in [4.69, 9.17) is 4.74 Å². The summed E-state index contributed by atoms with van der Waals surface area (Å²) in [6.45, 7) is 2.10. The molecule has 2 N–H and O–H groups in total. The van der Waals surface area contributed by atoms with Crippen LogP contribution in [0.3, 0.4) is 0 Å². The predicted octanol–water partition coefficient (Wildman–Crippen LogP) is 2.28. The molecular weight excluding hydrogens is 523 g/mol. The molecule has 4 rings (SSSR count). The molecule has 2 fully saturated rings. The number of carbonyl (C=O) groups excluding carboxylic acids is 1. The number of benzene rings is 2. The number of aliphatic hydroxyl groups excluding tert-OH is 1. The highest BCUT2D eigenvalue weighted by molar-refractivity contribution is 7.89. The maximum absolute atomic E-state index is 13.4. The second-order valence-electron chi connectivity index (χ2n) is 9.65. The highest BCUT2D eigenvalue weighted by Gasteiger charge is 2.41. The van der Waals surface area contributed by atoms with Gasteiger partial charge in [-0.1, -0.05) is 30.3 Å². The third kappa shape index (κ3) is 7.54. The molecule has 2 aliphatic rings. The first-order valence-corrected chi connectivity index (χ1v) is 14.0. The Labute approximate surface area is 220 Å². The van der Waals surface area contributed by atoms with Crippen LogP contribution < -0.4 is 5.32 Å². The maximum atomic E-state index is 13.4. The lowest BCUT2D eigenvalue weighted by atomic mass is 10.0. The number of aliphatic hydroxyl groups is 1. The van der Waals surface area contributed by atoms with Gasteiger partial charge in [-0.15, -0.1) is 0 Å². The van der Waals surface area contributed by atoms with Crippen LogP contribution in [0.1, 0.15) is 24.0 Å². The lowest BCUT2D eigenvalue weighted by molar-refractivity contribution is -0.137. The van der Waals surface area contributed by atoms with Crippen LogP contribution in [0.4, 0.5) is 13.2 Å². The van der Waals surface area contributed by atoms with Crippen molar-refractivity contribution in [2.45, 2.75) is 48.5 Å². The van der Waals surface area contributed by atoms with Gasteiger partial charge in [-0.2, -0.15) is 17.5 Å². The van der Waals surface area contributed by atoms with Gasteiger partial charge in [0, 0.05) is 25.7 Å². The zero-order valence-electron chi connectivity index (χ0n) is 20.8. The molecule has 2 atom stereocenters. The van der Waals surface area contributed by atoms with Gasteiger partial charge in [0.15, 0.2) is 0 Å². The maximum Gasteiger partial charge on any atom is 0.416 e. The van der Waals surface area contributed by atoms with Crippen molar-refractivity contribution < 1.29 is 36.2 Å². The smallest absolute Gasteiger partial charge is 0.390 e. The first-order valence-electron chi connectivity index (χ1n) is 12.5. The molecule has 0 aromatic heterocycles. The van der Waals surface area contributed by atoms with E-state index in [0.29, 0.717) is 39.1 Å². The van der Waals surface area contributed by atoms with E-state index in [1.807, 2.05) is 35.2 Å². The fourth-order valence-electron chi connectivity index (χ4n) is 4.43. The van der Waals surface area contributed by atoms with Crippen LogP contribution in [-0.4, -0.2) is 86.2 Å². The Hall–Kier alpha value is -2.51. The van der Waals surface area contributed by atoms with E-state index >= 15 is 0 Å². The van der Waals surface area contributed by atoms with Crippen molar-refractivity contribution in [3.63, 3.8) is 0 Å². The molecule has 1 aliphatic heterocycles. The predicted molar refractivity (Wildman–Crippen MR) is 134 cm³/mol. The van der Waals surface area contributed by atoms with Gasteiger partial charge in [0.2, 0.25) is 15.9 Å². The number of sulfonamides is 1. The van der Waals surface area contributed by atoms with Crippen molar-refractivity contribution in [1.82, 2.24) is 14.5 Å². The number of halogens is 3. The number of alkyl halides is 3. The third-order valence-electron chi connectivity index (χ3n) is 6.69. The van der Waals surface area contributed by atoms with Crippen LogP contribution in [0.2, 0.25) is 0 Å². The first kappa shape index (κ1) is 28.5. The Kier molecular flexibility index (Phi) is 9.09. The molecule has 1 aliphatic carbocycles. The quantitative estimate of drug-likeness (QED) is 0.442. The van der Waals surface area contributed by atoms with Crippen molar-refractivity contribution in [3.05, 3.63) is 65.7 Å². The number of hydrogen-bond donors (Lipinski definition) is 2. The van der Waals surface area contributed by atoms with Crippen LogP contribution in [0.5, 0.6) is 0 Å². The number of ether oxygens (including phenoxy) is 1. The summed E-state index contributed by atoms with van der Waals surface area (Å²) in [5, 5.41) is 14.1. The fraction of sp³-hybridized carbons (Fsp3) is 0.500. The monoisotopic (exact) mass is 555 g/mol. The molecule has 0 spiro atoms. The van der Waals surface area contributed by atoms with Gasteiger partial charge in [-0.3, -0.25) is 9.69 Å². The third-order valence-corrected chi connectivity index (χ3v) is 8.62. The van der Waals surface area contributed by atoms with E-state index in [1.54, 1.807) is 0 Å². The van der Waals surface area contributed by atoms with E-state index in [2.05, 4.69) is 5.32 Å². The summed E-state index contributed by atoms with van der Waals surface area (Å²) in [6.07, 6.45) is -4.40. The highest BCUT2D eigenvalue weighted by atomic mass is 32.2. The minimum absolute atomic E-state index is 0.123. The van der Waals surface area contributed by atoms with E-state index < -0.39 is 33.9 Å². The van der Waals surface area contributed by atoms with Gasteiger partial charge in [0.25, 0.3) is 0 Å². The average molecular weight is 556 g/mol. The Morgan fingerprint density at radius 3 is 2.29 bits per heavy atom. The molecule has 8 nitrogen and oxygen atoms in total. The largest absolute Gasteiger partial charge is 0.416 e. The van der Waals surface area contributed by atoms with Crippen LogP contribution >= 0.6 is 0 Å². The highest BCUT2D eigenvalue weighted by Crippen LogP contribution is 2.34. The van der Waals surface area contributed by atoms with Gasteiger partial charge >= 0.3 is 6.18 Å². The van der Waals surface area contributed by atoms with Crippen LogP contribution in [0.25, 0.3) is 0 Å². The summed E-state index contributed by atoms with van der Waals surface area (Å²) in [5.74, 6) is -0.296. The lowest BCUT2D eigenvalue weighted by Crippen LogP contribution is -2.53. The number of amides is 1. The lowest BCUT2D eigenvalue weighted by Gasteiger charge is -2.31. The molecule has 2 aromatic rings. The molecule has 2 aromatic carbocycles. The molecule has 1 heterocycles. The van der Waals surface area contributed by atoms with Crippen molar-refractivity contribution >= 4 is 15.9 Å². The van der Waals surface area contributed by atoms with E-state index in [0.717, 1.165) is 34.1 Å². The summed E-state index contributed by atoms with van der Waals surface area (Å²) in [6, 6.07) is 11.4. The molecule has 12 heteroatoms. The second kappa shape index (κ2) is 12.1. The number of morpholine rings is 1. The van der Waals surface area contributed by atoms with E-state index in [9.17, 15) is 31.5 Å². The van der Waals surface area contributed by atoms with Crippen LogP contribution in [-0.2, 0) is 32.2 Å². The van der Waals surface area contributed by atoms with Gasteiger partial charge in [0.05, 0.1) is 42.4 Å². The summed E-state index contributed by atoms with van der Waals surface area (Å²) in [4.78, 5) is 14.5. The molecule has 1 saturated heterocycles. The number of carbonyl (C=O) groups is 1. The second-order valence-corrected chi connectivity index (χ2v) is 11.5. The van der Waals surface area contributed by atoms with Gasteiger partial charge in [-0.25, -0.2) is 8.42 Å². The Morgan fingerprint density at radius 1 is 1.08 bits per heavy atom. The molecule has 38 heavy (non-hydrogen) atoms. The minimum atomic E-state index is -4.58. The number of hydrogen-bond acceptors (Lipinski definition) is 6. The first-order chi connectivity index (χ1) is 18.0. The van der Waals surface area contributed by atoms with Gasteiger partial charge in [-0.05, 0) is 49.1 Å². The molecular formula is C26H32F3N3O5S. The molecule has 208 valence electrons.